The Hall–Kier alpha value is -1.20. The molecule has 20 heavy (non-hydrogen) atoms. The topological polar surface area (TPSA) is 40.5 Å². The molecule has 2 rings (SSSR count). The summed E-state index contributed by atoms with van der Waals surface area (Å²) >= 11 is 5.82. The van der Waals surface area contributed by atoms with Crippen LogP contribution in [0.25, 0.3) is 0 Å². The molecule has 1 atom stereocenters. The van der Waals surface area contributed by atoms with Gasteiger partial charge in [0.05, 0.1) is 10.6 Å². The third-order valence-electron chi connectivity index (χ3n) is 3.58. The number of carbonyl (C=O) groups is 1. The number of likely N-dealkylation sites (tertiary alicyclic amines) is 1. The van der Waals surface area contributed by atoms with Gasteiger partial charge in [-0.15, -0.1) is 0 Å². The molecule has 0 aromatic heterocycles. The largest absolute Gasteiger partial charge is 0.396 e. The van der Waals surface area contributed by atoms with Crippen LogP contribution in [0.2, 0.25) is 5.02 Å². The van der Waals surface area contributed by atoms with Gasteiger partial charge >= 0.3 is 0 Å². The molecule has 1 unspecified atom stereocenters. The zero-order valence-corrected chi connectivity index (χ0v) is 11.7. The monoisotopic (exact) mass is 303 g/mol. The maximum Gasteiger partial charge on any atom is 0.255 e. The van der Waals surface area contributed by atoms with E-state index in [4.69, 9.17) is 16.7 Å². The summed E-state index contributed by atoms with van der Waals surface area (Å²) in [5.74, 6) is -2.30. The number of aliphatic hydroxyl groups is 1. The lowest BCUT2D eigenvalue weighted by molar-refractivity contribution is 0.0653. The first kappa shape index (κ1) is 15.2. The molecule has 3 nitrogen and oxygen atoms in total. The minimum Gasteiger partial charge on any atom is -0.396 e. The number of rotatable bonds is 3. The molecule has 0 spiro atoms. The minimum atomic E-state index is -1.08. The Kier molecular flexibility index (Phi) is 4.94. The van der Waals surface area contributed by atoms with E-state index in [1.54, 1.807) is 4.90 Å². The second-order valence-corrected chi connectivity index (χ2v) is 5.43. The summed E-state index contributed by atoms with van der Waals surface area (Å²) < 4.78 is 26.3. The average Bonchev–Trinajstić information content (AvgIpc) is 2.43. The van der Waals surface area contributed by atoms with Crippen LogP contribution >= 0.6 is 11.6 Å². The van der Waals surface area contributed by atoms with Crippen molar-refractivity contribution in [3.63, 3.8) is 0 Å². The first-order valence-electron chi connectivity index (χ1n) is 6.57. The highest BCUT2D eigenvalue weighted by Crippen LogP contribution is 2.25. The molecule has 1 aliphatic heterocycles. The number of carbonyl (C=O) groups excluding carboxylic acids is 1. The van der Waals surface area contributed by atoms with E-state index in [0.717, 1.165) is 25.0 Å². The zero-order valence-electron chi connectivity index (χ0n) is 10.9. The Bertz CT molecular complexity index is 508. The minimum absolute atomic E-state index is 0.0183. The summed E-state index contributed by atoms with van der Waals surface area (Å²) in [4.78, 5) is 13.9. The number of aliphatic hydroxyl groups excluding tert-OH is 1. The van der Waals surface area contributed by atoms with Crippen molar-refractivity contribution in [2.45, 2.75) is 19.3 Å². The predicted octanol–water partition coefficient (Wildman–Crippen LogP) is 2.85. The van der Waals surface area contributed by atoms with Crippen LogP contribution in [0.15, 0.2) is 12.1 Å². The van der Waals surface area contributed by atoms with Crippen LogP contribution in [-0.4, -0.2) is 35.6 Å². The first-order valence-corrected chi connectivity index (χ1v) is 6.95. The van der Waals surface area contributed by atoms with Gasteiger partial charge in [-0.2, -0.15) is 0 Å². The lowest BCUT2D eigenvalue weighted by atomic mass is 9.94. The number of benzene rings is 1. The third-order valence-corrected chi connectivity index (χ3v) is 3.90. The highest BCUT2D eigenvalue weighted by atomic mass is 35.5. The summed E-state index contributed by atoms with van der Waals surface area (Å²) in [5.41, 5.74) is -0.0183. The van der Waals surface area contributed by atoms with E-state index in [9.17, 15) is 13.6 Å². The molecule has 1 aromatic rings. The molecule has 1 heterocycles. The van der Waals surface area contributed by atoms with Crippen molar-refractivity contribution in [2.24, 2.45) is 5.92 Å². The van der Waals surface area contributed by atoms with Crippen molar-refractivity contribution in [3.05, 3.63) is 34.4 Å². The summed E-state index contributed by atoms with van der Waals surface area (Å²) in [6.45, 7) is 1.16. The normalized spacial score (nSPS) is 19.2. The van der Waals surface area contributed by atoms with E-state index in [-0.39, 0.29) is 23.1 Å². The summed E-state index contributed by atoms with van der Waals surface area (Å²) in [6, 6.07) is 1.66. The maximum absolute atomic E-state index is 13.2. The lowest BCUT2D eigenvalue weighted by Crippen LogP contribution is -2.40. The number of amides is 1. The Morgan fingerprint density at radius 2 is 2.10 bits per heavy atom. The smallest absolute Gasteiger partial charge is 0.255 e. The number of halogens is 3. The fraction of sp³-hybridized carbons (Fsp3) is 0.500. The predicted molar refractivity (Wildman–Crippen MR) is 71.7 cm³/mol. The highest BCUT2D eigenvalue weighted by molar-refractivity contribution is 6.33. The van der Waals surface area contributed by atoms with Gasteiger partial charge in [0.15, 0.2) is 11.6 Å². The highest BCUT2D eigenvalue weighted by Gasteiger charge is 2.26. The van der Waals surface area contributed by atoms with Crippen LogP contribution in [0.1, 0.15) is 29.6 Å². The van der Waals surface area contributed by atoms with Crippen molar-refractivity contribution in [1.82, 2.24) is 4.90 Å². The molecular weight excluding hydrogens is 288 g/mol. The standard InChI is InChI=1S/C14H16ClF2NO2/c15-11-7-13(17)12(16)6-10(11)14(20)18-4-1-2-9(8-18)3-5-19/h6-7,9,19H,1-5,8H2. The van der Waals surface area contributed by atoms with Crippen LogP contribution < -0.4 is 0 Å². The van der Waals surface area contributed by atoms with Crippen molar-refractivity contribution in [1.29, 1.82) is 0 Å². The molecule has 0 radical (unpaired) electrons. The third kappa shape index (κ3) is 3.27. The van der Waals surface area contributed by atoms with Crippen LogP contribution in [0.3, 0.4) is 0 Å². The Labute approximate surface area is 121 Å². The van der Waals surface area contributed by atoms with E-state index in [1.807, 2.05) is 0 Å². The molecule has 0 saturated carbocycles. The number of piperidine rings is 1. The van der Waals surface area contributed by atoms with Gasteiger partial charge < -0.3 is 10.0 Å². The Morgan fingerprint density at radius 3 is 2.80 bits per heavy atom. The molecule has 6 heteroatoms. The van der Waals surface area contributed by atoms with Gasteiger partial charge in [0.2, 0.25) is 0 Å². The van der Waals surface area contributed by atoms with E-state index in [0.29, 0.717) is 19.5 Å². The first-order chi connectivity index (χ1) is 9.52. The average molecular weight is 304 g/mol. The van der Waals surface area contributed by atoms with Crippen molar-refractivity contribution >= 4 is 17.5 Å². The molecule has 1 fully saturated rings. The zero-order chi connectivity index (χ0) is 14.7. The molecule has 1 aliphatic rings. The van der Waals surface area contributed by atoms with Crippen LogP contribution in [0, 0.1) is 17.6 Å². The fourth-order valence-electron chi connectivity index (χ4n) is 2.52. The molecule has 1 amide bonds. The molecule has 1 N–H and O–H groups in total. The second kappa shape index (κ2) is 6.50. The van der Waals surface area contributed by atoms with Gasteiger partial charge in [0.1, 0.15) is 0 Å². The van der Waals surface area contributed by atoms with Gasteiger partial charge in [-0.3, -0.25) is 4.79 Å². The number of hydrogen-bond donors (Lipinski definition) is 1. The summed E-state index contributed by atoms with van der Waals surface area (Å²) in [6.07, 6.45) is 2.42. The fourth-order valence-corrected chi connectivity index (χ4v) is 2.76. The maximum atomic E-state index is 13.2. The van der Waals surface area contributed by atoms with E-state index in [1.165, 1.54) is 0 Å². The van der Waals surface area contributed by atoms with Gasteiger partial charge in [0, 0.05) is 19.7 Å². The Morgan fingerprint density at radius 1 is 1.40 bits per heavy atom. The van der Waals surface area contributed by atoms with E-state index < -0.39 is 17.5 Å². The van der Waals surface area contributed by atoms with Crippen molar-refractivity contribution in [3.8, 4) is 0 Å². The lowest BCUT2D eigenvalue weighted by Gasteiger charge is -2.32. The Balaban J connectivity index is 2.16. The molecule has 1 aromatic carbocycles. The molecule has 0 aliphatic carbocycles. The van der Waals surface area contributed by atoms with Gasteiger partial charge in [-0.1, -0.05) is 11.6 Å². The number of hydrogen-bond acceptors (Lipinski definition) is 2. The van der Waals surface area contributed by atoms with Gasteiger partial charge in [-0.05, 0) is 37.3 Å². The summed E-state index contributed by atoms with van der Waals surface area (Å²) in [5, 5.41) is 8.87. The molecular formula is C14H16ClF2NO2. The summed E-state index contributed by atoms with van der Waals surface area (Å²) in [7, 11) is 0. The SMILES string of the molecule is O=C(c1cc(F)c(F)cc1Cl)N1CCCC(CCO)C1. The van der Waals surface area contributed by atoms with Gasteiger partial charge in [0.25, 0.3) is 5.91 Å². The van der Waals surface area contributed by atoms with Gasteiger partial charge in [-0.25, -0.2) is 8.78 Å². The molecule has 1 saturated heterocycles. The van der Waals surface area contributed by atoms with Crippen LogP contribution in [0.4, 0.5) is 8.78 Å². The van der Waals surface area contributed by atoms with E-state index in [2.05, 4.69) is 0 Å². The van der Waals surface area contributed by atoms with Crippen LogP contribution in [0.5, 0.6) is 0 Å². The van der Waals surface area contributed by atoms with E-state index >= 15 is 0 Å². The number of nitrogens with zero attached hydrogens (tertiary/aromatic N) is 1. The molecule has 0 bridgehead atoms. The second-order valence-electron chi connectivity index (χ2n) is 5.02. The molecule has 110 valence electrons. The van der Waals surface area contributed by atoms with Crippen molar-refractivity contribution < 1.29 is 18.7 Å². The van der Waals surface area contributed by atoms with Crippen molar-refractivity contribution in [2.75, 3.05) is 19.7 Å². The van der Waals surface area contributed by atoms with Crippen LogP contribution in [-0.2, 0) is 0 Å². The quantitative estimate of drug-likeness (QED) is 0.872.